The first-order valence-electron chi connectivity index (χ1n) is 10.3. The first kappa shape index (κ1) is 21.2. The molecule has 162 valence electrons. The van der Waals surface area contributed by atoms with E-state index in [4.69, 9.17) is 14.6 Å². The fraction of sp³-hybridized carbons (Fsp3) is 0.154. The van der Waals surface area contributed by atoms with E-state index in [1.165, 1.54) is 0 Å². The Bertz CT molecular complexity index is 1200. The normalized spacial score (nSPS) is 11.6. The Morgan fingerprint density at radius 1 is 0.938 bits per heavy atom. The highest BCUT2D eigenvalue weighted by molar-refractivity contribution is 6.00. The van der Waals surface area contributed by atoms with Gasteiger partial charge in [-0.25, -0.2) is 4.68 Å². The summed E-state index contributed by atoms with van der Waals surface area (Å²) in [6.07, 6.45) is 1.75. The lowest BCUT2D eigenvalue weighted by atomic mass is 10.0. The minimum Gasteiger partial charge on any atom is -0.497 e. The van der Waals surface area contributed by atoms with Crippen molar-refractivity contribution in [2.24, 2.45) is 0 Å². The molecular weight excluding hydrogens is 402 g/mol. The van der Waals surface area contributed by atoms with Gasteiger partial charge in [0.2, 0.25) is 0 Å². The molecular formula is C26H25N3O3. The van der Waals surface area contributed by atoms with Crippen molar-refractivity contribution in [2.45, 2.75) is 13.0 Å². The standard InChI is InChI=1S/C26H25N3O3/c1-18(19-10-6-4-7-11-19)27-26(30)23-17-29(20-12-8-5-9-13-20)28-25(23)22-15-14-21(31-2)16-24(22)32-3/h4-18H,1-3H3,(H,27,30). The smallest absolute Gasteiger partial charge is 0.255 e. The zero-order valence-corrected chi connectivity index (χ0v) is 18.3. The molecule has 1 heterocycles. The summed E-state index contributed by atoms with van der Waals surface area (Å²) < 4.78 is 12.6. The van der Waals surface area contributed by atoms with Crippen LogP contribution in [0.15, 0.2) is 85.1 Å². The van der Waals surface area contributed by atoms with Crippen LogP contribution in [0.1, 0.15) is 28.9 Å². The molecule has 1 atom stereocenters. The van der Waals surface area contributed by atoms with Gasteiger partial charge in [0, 0.05) is 17.8 Å². The summed E-state index contributed by atoms with van der Waals surface area (Å²) in [6.45, 7) is 1.96. The van der Waals surface area contributed by atoms with Crippen molar-refractivity contribution in [3.8, 4) is 28.4 Å². The maximum atomic E-state index is 13.4. The van der Waals surface area contributed by atoms with Gasteiger partial charge in [-0.05, 0) is 36.8 Å². The van der Waals surface area contributed by atoms with Crippen LogP contribution in [0.4, 0.5) is 0 Å². The van der Waals surface area contributed by atoms with Crippen LogP contribution in [0.25, 0.3) is 16.9 Å². The topological polar surface area (TPSA) is 65.4 Å². The van der Waals surface area contributed by atoms with Crippen molar-refractivity contribution >= 4 is 5.91 Å². The molecule has 0 saturated carbocycles. The van der Waals surface area contributed by atoms with Crippen LogP contribution < -0.4 is 14.8 Å². The molecule has 0 aliphatic rings. The van der Waals surface area contributed by atoms with Crippen LogP contribution in [0.5, 0.6) is 11.5 Å². The van der Waals surface area contributed by atoms with Crippen molar-refractivity contribution < 1.29 is 14.3 Å². The molecule has 3 aromatic carbocycles. The Balaban J connectivity index is 1.77. The number of methoxy groups -OCH3 is 2. The quantitative estimate of drug-likeness (QED) is 0.448. The number of nitrogens with zero attached hydrogens (tertiary/aromatic N) is 2. The molecule has 6 nitrogen and oxygen atoms in total. The number of nitrogens with one attached hydrogen (secondary N) is 1. The SMILES string of the molecule is COc1ccc(-c2nn(-c3ccccc3)cc2C(=O)NC(C)c2ccccc2)c(OC)c1. The number of ether oxygens (including phenoxy) is 2. The lowest BCUT2D eigenvalue weighted by Crippen LogP contribution is -2.26. The fourth-order valence-electron chi connectivity index (χ4n) is 3.55. The lowest BCUT2D eigenvalue weighted by molar-refractivity contribution is 0.0940. The largest absolute Gasteiger partial charge is 0.497 e. The van der Waals surface area contributed by atoms with E-state index in [9.17, 15) is 4.79 Å². The zero-order chi connectivity index (χ0) is 22.5. The molecule has 32 heavy (non-hydrogen) atoms. The molecule has 4 rings (SSSR count). The van der Waals surface area contributed by atoms with Crippen LogP contribution in [0.2, 0.25) is 0 Å². The first-order chi connectivity index (χ1) is 15.6. The predicted octanol–water partition coefficient (Wildman–Crippen LogP) is 5.05. The lowest BCUT2D eigenvalue weighted by Gasteiger charge is -2.15. The van der Waals surface area contributed by atoms with E-state index in [-0.39, 0.29) is 11.9 Å². The van der Waals surface area contributed by atoms with Gasteiger partial charge < -0.3 is 14.8 Å². The van der Waals surface area contributed by atoms with Crippen LogP contribution in [0.3, 0.4) is 0 Å². The van der Waals surface area contributed by atoms with Gasteiger partial charge >= 0.3 is 0 Å². The summed E-state index contributed by atoms with van der Waals surface area (Å²) in [5, 5.41) is 7.84. The molecule has 0 bridgehead atoms. The molecule has 6 heteroatoms. The number of amides is 1. The molecule has 4 aromatic rings. The number of aromatic nitrogens is 2. The predicted molar refractivity (Wildman–Crippen MR) is 124 cm³/mol. The summed E-state index contributed by atoms with van der Waals surface area (Å²) in [6, 6.07) is 24.8. The first-order valence-corrected chi connectivity index (χ1v) is 10.3. The van der Waals surface area contributed by atoms with E-state index in [1.807, 2.05) is 79.7 Å². The molecule has 1 N–H and O–H groups in total. The maximum absolute atomic E-state index is 13.4. The summed E-state index contributed by atoms with van der Waals surface area (Å²) in [5.74, 6) is 1.03. The van der Waals surface area contributed by atoms with E-state index in [0.717, 1.165) is 11.3 Å². The Labute approximate surface area is 187 Å². The fourth-order valence-corrected chi connectivity index (χ4v) is 3.55. The third-order valence-electron chi connectivity index (χ3n) is 5.29. The second-order valence-corrected chi connectivity index (χ2v) is 7.34. The molecule has 0 spiro atoms. The number of carbonyl (C=O) groups is 1. The van der Waals surface area contributed by atoms with Gasteiger partial charge in [-0.1, -0.05) is 48.5 Å². The Hall–Kier alpha value is -4.06. The number of hydrogen-bond donors (Lipinski definition) is 1. The number of benzene rings is 3. The van der Waals surface area contributed by atoms with E-state index in [0.29, 0.717) is 28.3 Å². The molecule has 0 radical (unpaired) electrons. The highest BCUT2D eigenvalue weighted by Crippen LogP contribution is 2.35. The molecule has 0 aliphatic carbocycles. The second-order valence-electron chi connectivity index (χ2n) is 7.34. The number of carbonyl (C=O) groups excluding carboxylic acids is 1. The van der Waals surface area contributed by atoms with Gasteiger partial charge in [0.15, 0.2) is 0 Å². The average Bonchev–Trinajstić information content (AvgIpc) is 3.30. The zero-order valence-electron chi connectivity index (χ0n) is 18.3. The number of para-hydroxylation sites is 1. The summed E-state index contributed by atoms with van der Waals surface area (Å²) in [7, 11) is 3.19. The van der Waals surface area contributed by atoms with Crippen molar-refractivity contribution in [3.05, 3.63) is 96.2 Å². The monoisotopic (exact) mass is 427 g/mol. The third-order valence-corrected chi connectivity index (χ3v) is 5.29. The van der Waals surface area contributed by atoms with Crippen LogP contribution in [0, 0.1) is 0 Å². The van der Waals surface area contributed by atoms with Crippen molar-refractivity contribution in [3.63, 3.8) is 0 Å². The minimum absolute atomic E-state index is 0.158. The summed E-state index contributed by atoms with van der Waals surface area (Å²) in [5.41, 5.74) is 3.59. The van der Waals surface area contributed by atoms with E-state index < -0.39 is 0 Å². The van der Waals surface area contributed by atoms with E-state index in [2.05, 4.69) is 5.32 Å². The van der Waals surface area contributed by atoms with Gasteiger partial charge in [0.05, 0.1) is 31.5 Å². The summed E-state index contributed by atoms with van der Waals surface area (Å²) >= 11 is 0. The van der Waals surface area contributed by atoms with Gasteiger partial charge in [0.1, 0.15) is 17.2 Å². The highest BCUT2D eigenvalue weighted by atomic mass is 16.5. The van der Waals surface area contributed by atoms with Gasteiger partial charge in [-0.2, -0.15) is 5.10 Å². The number of hydrogen-bond acceptors (Lipinski definition) is 4. The van der Waals surface area contributed by atoms with Gasteiger partial charge in [-0.15, -0.1) is 0 Å². The molecule has 0 aliphatic heterocycles. The van der Waals surface area contributed by atoms with Crippen molar-refractivity contribution in [2.75, 3.05) is 14.2 Å². The van der Waals surface area contributed by atoms with Crippen LogP contribution in [-0.2, 0) is 0 Å². The van der Waals surface area contributed by atoms with Crippen LogP contribution >= 0.6 is 0 Å². The van der Waals surface area contributed by atoms with Crippen LogP contribution in [-0.4, -0.2) is 29.9 Å². The van der Waals surface area contributed by atoms with Gasteiger partial charge in [0.25, 0.3) is 5.91 Å². The minimum atomic E-state index is -0.212. The Kier molecular flexibility index (Phi) is 6.22. The second kappa shape index (κ2) is 9.39. The molecule has 1 aromatic heterocycles. The van der Waals surface area contributed by atoms with E-state index in [1.54, 1.807) is 31.2 Å². The van der Waals surface area contributed by atoms with Crippen molar-refractivity contribution in [1.29, 1.82) is 0 Å². The van der Waals surface area contributed by atoms with Gasteiger partial charge in [-0.3, -0.25) is 4.79 Å². The Morgan fingerprint density at radius 2 is 1.62 bits per heavy atom. The molecule has 0 saturated heterocycles. The van der Waals surface area contributed by atoms with E-state index >= 15 is 0 Å². The maximum Gasteiger partial charge on any atom is 0.255 e. The van der Waals surface area contributed by atoms with Crippen molar-refractivity contribution in [1.82, 2.24) is 15.1 Å². The molecule has 1 unspecified atom stereocenters. The summed E-state index contributed by atoms with van der Waals surface area (Å²) in [4.78, 5) is 13.4. The Morgan fingerprint density at radius 3 is 2.28 bits per heavy atom. The average molecular weight is 428 g/mol. The highest BCUT2D eigenvalue weighted by Gasteiger charge is 2.23. The molecule has 1 amide bonds. The third kappa shape index (κ3) is 4.34. The molecule has 0 fully saturated rings. The number of rotatable bonds is 7.